The number of nitrogens with zero attached hydrogens (tertiary/aromatic N) is 2. The van der Waals surface area contributed by atoms with Crippen molar-refractivity contribution in [1.29, 1.82) is 0 Å². The Kier molecular flexibility index (Phi) is 5.49. The summed E-state index contributed by atoms with van der Waals surface area (Å²) in [5.41, 5.74) is 0.476. The van der Waals surface area contributed by atoms with Gasteiger partial charge in [-0.25, -0.2) is 9.37 Å². The predicted octanol–water partition coefficient (Wildman–Crippen LogP) is 2.61. The van der Waals surface area contributed by atoms with E-state index in [2.05, 4.69) is 10.3 Å². The Labute approximate surface area is 151 Å². The van der Waals surface area contributed by atoms with E-state index in [4.69, 9.17) is 9.47 Å². The van der Waals surface area contributed by atoms with E-state index in [-0.39, 0.29) is 19.1 Å². The molecule has 0 saturated carbocycles. The Bertz CT molecular complexity index is 746. The quantitative estimate of drug-likeness (QED) is 0.823. The lowest BCUT2D eigenvalue weighted by Gasteiger charge is -2.34. The summed E-state index contributed by atoms with van der Waals surface area (Å²) < 4.78 is 24.2. The molecule has 3 rings (SSSR count). The van der Waals surface area contributed by atoms with Crippen LogP contribution in [0.3, 0.4) is 0 Å². The standard InChI is InChI=1S/C19H22FN3O3/c1-23(9-10-25-2)16-7-8-17(21-11-16)22-18(24)14-3-5-15(6-4-14)19(20)12-26-13-19/h3-8,11H,9-10,12-13H2,1-2H3,(H,21,22,24). The zero-order valence-electron chi connectivity index (χ0n) is 14.9. The number of hydrogen-bond acceptors (Lipinski definition) is 5. The summed E-state index contributed by atoms with van der Waals surface area (Å²) in [6.45, 7) is 1.50. The smallest absolute Gasteiger partial charge is 0.256 e. The third kappa shape index (κ3) is 4.00. The SMILES string of the molecule is COCCN(C)c1ccc(NC(=O)c2ccc(C3(F)COC3)cc2)nc1. The Balaban J connectivity index is 1.60. The van der Waals surface area contributed by atoms with E-state index in [0.29, 0.717) is 23.6 Å². The average Bonchev–Trinajstić information content (AvgIpc) is 2.65. The zero-order valence-corrected chi connectivity index (χ0v) is 14.9. The van der Waals surface area contributed by atoms with Gasteiger partial charge in [0.15, 0.2) is 5.67 Å². The number of carbonyl (C=O) groups is 1. The van der Waals surface area contributed by atoms with Gasteiger partial charge in [-0.05, 0) is 29.8 Å². The number of pyridine rings is 1. The third-order valence-electron chi connectivity index (χ3n) is 4.39. The van der Waals surface area contributed by atoms with Gasteiger partial charge in [-0.2, -0.15) is 0 Å². The number of likely N-dealkylation sites (N-methyl/N-ethyl adjacent to an activating group) is 1. The molecular weight excluding hydrogens is 337 g/mol. The molecule has 1 aromatic heterocycles. The molecule has 1 saturated heterocycles. The van der Waals surface area contributed by atoms with Crippen LogP contribution < -0.4 is 10.2 Å². The van der Waals surface area contributed by atoms with Crippen LogP contribution in [0.25, 0.3) is 0 Å². The van der Waals surface area contributed by atoms with E-state index >= 15 is 0 Å². The monoisotopic (exact) mass is 359 g/mol. The fraction of sp³-hybridized carbons (Fsp3) is 0.368. The number of nitrogens with one attached hydrogen (secondary N) is 1. The average molecular weight is 359 g/mol. The number of rotatable bonds is 7. The molecule has 1 N–H and O–H groups in total. The van der Waals surface area contributed by atoms with Gasteiger partial charge < -0.3 is 19.7 Å². The van der Waals surface area contributed by atoms with Gasteiger partial charge in [0.2, 0.25) is 0 Å². The zero-order chi connectivity index (χ0) is 18.6. The fourth-order valence-corrected chi connectivity index (χ4v) is 2.60. The molecule has 2 heterocycles. The van der Waals surface area contributed by atoms with Gasteiger partial charge in [-0.15, -0.1) is 0 Å². The summed E-state index contributed by atoms with van der Waals surface area (Å²) >= 11 is 0. The Morgan fingerprint density at radius 1 is 1.31 bits per heavy atom. The molecule has 0 bridgehead atoms. The minimum absolute atomic E-state index is 0.0631. The van der Waals surface area contributed by atoms with E-state index in [1.807, 2.05) is 18.0 Å². The van der Waals surface area contributed by atoms with Crippen LogP contribution in [-0.2, 0) is 15.1 Å². The number of aromatic nitrogens is 1. The van der Waals surface area contributed by atoms with E-state index < -0.39 is 5.67 Å². The summed E-state index contributed by atoms with van der Waals surface area (Å²) in [4.78, 5) is 18.6. The molecule has 0 spiro atoms. The Hall–Kier alpha value is -2.51. The minimum Gasteiger partial charge on any atom is -0.383 e. The molecule has 0 radical (unpaired) electrons. The van der Waals surface area contributed by atoms with Crippen LogP contribution >= 0.6 is 0 Å². The van der Waals surface area contributed by atoms with Crippen LogP contribution in [0, 0.1) is 0 Å². The second-order valence-electron chi connectivity index (χ2n) is 6.31. The molecule has 1 aliphatic rings. The first kappa shape index (κ1) is 18.3. The lowest BCUT2D eigenvalue weighted by Crippen LogP contribution is -2.42. The lowest BCUT2D eigenvalue weighted by atomic mass is 9.93. The lowest BCUT2D eigenvalue weighted by molar-refractivity contribution is -0.135. The van der Waals surface area contributed by atoms with Crippen molar-refractivity contribution in [3.05, 3.63) is 53.7 Å². The van der Waals surface area contributed by atoms with Gasteiger partial charge in [0, 0.05) is 26.3 Å². The highest BCUT2D eigenvalue weighted by molar-refractivity contribution is 6.03. The topological polar surface area (TPSA) is 63.7 Å². The molecule has 138 valence electrons. The molecule has 7 heteroatoms. The van der Waals surface area contributed by atoms with Crippen molar-refractivity contribution < 1.29 is 18.7 Å². The summed E-state index contributed by atoms with van der Waals surface area (Å²) in [6.07, 6.45) is 1.69. The highest BCUT2D eigenvalue weighted by Crippen LogP contribution is 2.33. The van der Waals surface area contributed by atoms with Crippen molar-refractivity contribution >= 4 is 17.4 Å². The van der Waals surface area contributed by atoms with E-state index in [0.717, 1.165) is 12.2 Å². The molecule has 1 aromatic carbocycles. The van der Waals surface area contributed by atoms with Crippen LogP contribution in [-0.4, -0.2) is 51.4 Å². The first-order valence-corrected chi connectivity index (χ1v) is 8.36. The van der Waals surface area contributed by atoms with Crippen LogP contribution in [0.2, 0.25) is 0 Å². The van der Waals surface area contributed by atoms with Gasteiger partial charge in [-0.1, -0.05) is 12.1 Å². The van der Waals surface area contributed by atoms with E-state index in [1.165, 1.54) is 0 Å². The van der Waals surface area contributed by atoms with E-state index in [9.17, 15) is 9.18 Å². The summed E-state index contributed by atoms with van der Waals surface area (Å²) in [5, 5.41) is 2.74. The molecule has 0 unspecified atom stereocenters. The molecule has 6 nitrogen and oxygen atoms in total. The number of benzene rings is 1. The maximum atomic E-state index is 14.3. The summed E-state index contributed by atoms with van der Waals surface area (Å²) in [7, 11) is 3.60. The van der Waals surface area contributed by atoms with Gasteiger partial charge in [0.05, 0.1) is 31.7 Å². The first-order valence-electron chi connectivity index (χ1n) is 8.36. The number of halogens is 1. The van der Waals surface area contributed by atoms with Crippen molar-refractivity contribution in [1.82, 2.24) is 4.98 Å². The highest BCUT2D eigenvalue weighted by Gasteiger charge is 2.40. The third-order valence-corrected chi connectivity index (χ3v) is 4.39. The molecule has 1 fully saturated rings. The highest BCUT2D eigenvalue weighted by atomic mass is 19.1. The van der Waals surface area contributed by atoms with Gasteiger partial charge >= 0.3 is 0 Å². The van der Waals surface area contributed by atoms with Crippen molar-refractivity contribution in [3.63, 3.8) is 0 Å². The second kappa shape index (κ2) is 7.80. The first-order chi connectivity index (χ1) is 12.5. The number of ether oxygens (including phenoxy) is 2. The van der Waals surface area contributed by atoms with Crippen LogP contribution in [0.4, 0.5) is 15.9 Å². The number of carbonyl (C=O) groups excluding carboxylic acids is 1. The van der Waals surface area contributed by atoms with E-state index in [1.54, 1.807) is 43.6 Å². The molecule has 1 amide bonds. The van der Waals surface area contributed by atoms with Gasteiger partial charge in [0.1, 0.15) is 5.82 Å². The number of amides is 1. The minimum atomic E-state index is -1.43. The maximum absolute atomic E-state index is 14.3. The Morgan fingerprint density at radius 3 is 2.58 bits per heavy atom. The molecule has 0 atom stereocenters. The molecule has 1 aliphatic heterocycles. The second-order valence-corrected chi connectivity index (χ2v) is 6.31. The predicted molar refractivity (Wildman–Crippen MR) is 97.4 cm³/mol. The molecular formula is C19H22FN3O3. The summed E-state index contributed by atoms with van der Waals surface area (Å²) in [5.74, 6) is 0.166. The fourth-order valence-electron chi connectivity index (χ4n) is 2.60. The van der Waals surface area contributed by atoms with Gasteiger partial charge in [0.25, 0.3) is 5.91 Å². The molecule has 26 heavy (non-hydrogen) atoms. The largest absolute Gasteiger partial charge is 0.383 e. The molecule has 0 aliphatic carbocycles. The van der Waals surface area contributed by atoms with Crippen molar-refractivity contribution in [2.45, 2.75) is 5.67 Å². The summed E-state index contributed by atoms with van der Waals surface area (Å²) in [6, 6.07) is 10.1. The maximum Gasteiger partial charge on any atom is 0.256 e. The number of hydrogen-bond donors (Lipinski definition) is 1. The van der Waals surface area contributed by atoms with Crippen molar-refractivity contribution in [3.8, 4) is 0 Å². The molecule has 2 aromatic rings. The van der Waals surface area contributed by atoms with Crippen LogP contribution in [0.15, 0.2) is 42.6 Å². The van der Waals surface area contributed by atoms with Crippen molar-refractivity contribution in [2.75, 3.05) is 50.7 Å². The normalized spacial score (nSPS) is 15.2. The number of alkyl halides is 1. The van der Waals surface area contributed by atoms with Crippen LogP contribution in [0.5, 0.6) is 0 Å². The Morgan fingerprint density at radius 2 is 2.04 bits per heavy atom. The number of methoxy groups -OCH3 is 1. The van der Waals surface area contributed by atoms with Crippen molar-refractivity contribution in [2.24, 2.45) is 0 Å². The number of anilines is 2. The van der Waals surface area contributed by atoms with Gasteiger partial charge in [-0.3, -0.25) is 4.79 Å². The van der Waals surface area contributed by atoms with Crippen LogP contribution in [0.1, 0.15) is 15.9 Å².